The van der Waals surface area contributed by atoms with Crippen LogP contribution in [0.1, 0.15) is 17.9 Å². The molecule has 1 fully saturated rings. The van der Waals surface area contributed by atoms with Crippen LogP contribution in [-0.4, -0.2) is 47.6 Å². The molecule has 2 heterocycles. The second-order valence-electron chi connectivity index (χ2n) is 6.45. The standard InChI is InChI=1S/C18H25N5O2/c1-13-19-10-16(21-13)12-23-7-6-14(11-23)9-20-18(24)22-15-4-3-5-17(8-15)25-2/h3-5,8,10,14H,6-7,9,11-12H2,1-2H3,(H,19,21)(H2,20,22,24)/t14-/m1/s1. The first kappa shape index (κ1) is 17.3. The summed E-state index contributed by atoms with van der Waals surface area (Å²) in [6.45, 7) is 5.54. The van der Waals surface area contributed by atoms with Gasteiger partial charge < -0.3 is 20.4 Å². The van der Waals surface area contributed by atoms with E-state index in [0.717, 1.165) is 49.0 Å². The number of aryl methyl sites for hydroxylation is 1. The smallest absolute Gasteiger partial charge is 0.319 e. The Bertz CT molecular complexity index is 715. The molecular formula is C18H25N5O2. The SMILES string of the molecule is COc1cccc(NC(=O)NC[C@H]2CCN(Cc3cnc(C)[nH]3)C2)c1. The summed E-state index contributed by atoms with van der Waals surface area (Å²) < 4.78 is 5.16. The van der Waals surface area contributed by atoms with Crippen molar-refractivity contribution in [1.82, 2.24) is 20.2 Å². The van der Waals surface area contributed by atoms with E-state index < -0.39 is 0 Å². The molecule has 134 valence electrons. The van der Waals surface area contributed by atoms with Crippen molar-refractivity contribution >= 4 is 11.7 Å². The van der Waals surface area contributed by atoms with Crippen molar-refractivity contribution in [2.24, 2.45) is 5.92 Å². The molecule has 2 aromatic rings. The van der Waals surface area contributed by atoms with Crippen LogP contribution in [-0.2, 0) is 6.54 Å². The first-order valence-corrected chi connectivity index (χ1v) is 8.54. The lowest BCUT2D eigenvalue weighted by Crippen LogP contribution is -2.34. The van der Waals surface area contributed by atoms with Crippen LogP contribution in [0.4, 0.5) is 10.5 Å². The number of aromatic nitrogens is 2. The van der Waals surface area contributed by atoms with Gasteiger partial charge in [0.1, 0.15) is 11.6 Å². The lowest BCUT2D eigenvalue weighted by atomic mass is 10.1. The highest BCUT2D eigenvalue weighted by molar-refractivity contribution is 5.89. The van der Waals surface area contributed by atoms with Crippen LogP contribution in [0.2, 0.25) is 0 Å². The van der Waals surface area contributed by atoms with E-state index in [9.17, 15) is 4.79 Å². The number of nitrogens with one attached hydrogen (secondary N) is 3. The van der Waals surface area contributed by atoms with Crippen LogP contribution in [0.15, 0.2) is 30.5 Å². The number of likely N-dealkylation sites (tertiary alicyclic amines) is 1. The van der Waals surface area contributed by atoms with Gasteiger partial charge in [0.25, 0.3) is 0 Å². The molecule has 0 aliphatic carbocycles. The molecule has 0 bridgehead atoms. The first-order chi connectivity index (χ1) is 12.1. The normalized spacial score (nSPS) is 17.4. The number of hydrogen-bond donors (Lipinski definition) is 3. The number of amides is 2. The maximum absolute atomic E-state index is 12.1. The number of ether oxygens (including phenoxy) is 1. The third-order valence-corrected chi connectivity index (χ3v) is 4.40. The number of H-pyrrole nitrogens is 1. The van der Waals surface area contributed by atoms with E-state index in [1.807, 2.05) is 31.3 Å². The number of rotatable bonds is 6. The minimum atomic E-state index is -0.184. The summed E-state index contributed by atoms with van der Waals surface area (Å²) in [5, 5.41) is 5.80. The van der Waals surface area contributed by atoms with Gasteiger partial charge >= 0.3 is 6.03 Å². The minimum Gasteiger partial charge on any atom is -0.497 e. The van der Waals surface area contributed by atoms with Gasteiger partial charge in [-0.1, -0.05) is 6.07 Å². The van der Waals surface area contributed by atoms with E-state index in [2.05, 4.69) is 25.5 Å². The topological polar surface area (TPSA) is 82.3 Å². The maximum atomic E-state index is 12.1. The summed E-state index contributed by atoms with van der Waals surface area (Å²) in [6, 6.07) is 7.14. The van der Waals surface area contributed by atoms with E-state index in [0.29, 0.717) is 12.5 Å². The summed E-state index contributed by atoms with van der Waals surface area (Å²) in [5.41, 5.74) is 1.86. The molecular weight excluding hydrogens is 318 g/mol. The Morgan fingerprint density at radius 2 is 2.36 bits per heavy atom. The Labute approximate surface area is 147 Å². The van der Waals surface area contributed by atoms with E-state index in [-0.39, 0.29) is 6.03 Å². The highest BCUT2D eigenvalue weighted by atomic mass is 16.5. The van der Waals surface area contributed by atoms with E-state index in [1.54, 1.807) is 13.2 Å². The lowest BCUT2D eigenvalue weighted by Gasteiger charge is -2.15. The summed E-state index contributed by atoms with van der Waals surface area (Å²) in [6.07, 6.45) is 2.98. The highest BCUT2D eigenvalue weighted by Crippen LogP contribution is 2.18. The number of aromatic amines is 1. The first-order valence-electron chi connectivity index (χ1n) is 8.54. The third kappa shape index (κ3) is 4.96. The quantitative estimate of drug-likeness (QED) is 0.752. The molecule has 1 aliphatic heterocycles. The van der Waals surface area contributed by atoms with Gasteiger partial charge in [0.05, 0.1) is 7.11 Å². The molecule has 7 heteroatoms. The molecule has 1 aromatic heterocycles. The van der Waals surface area contributed by atoms with E-state index >= 15 is 0 Å². The average Bonchev–Trinajstić information content (AvgIpc) is 3.22. The van der Waals surface area contributed by atoms with Gasteiger partial charge in [0.15, 0.2) is 0 Å². The maximum Gasteiger partial charge on any atom is 0.319 e. The zero-order chi connectivity index (χ0) is 17.6. The molecule has 2 amide bonds. The van der Waals surface area contributed by atoms with Crippen molar-refractivity contribution < 1.29 is 9.53 Å². The predicted octanol–water partition coefficient (Wildman–Crippen LogP) is 2.37. The number of anilines is 1. The number of nitrogens with zero attached hydrogens (tertiary/aromatic N) is 2. The number of benzene rings is 1. The molecule has 25 heavy (non-hydrogen) atoms. The zero-order valence-electron chi connectivity index (χ0n) is 14.7. The van der Waals surface area contributed by atoms with Gasteiger partial charge in [-0.3, -0.25) is 4.90 Å². The summed E-state index contributed by atoms with van der Waals surface area (Å²) in [7, 11) is 1.61. The van der Waals surface area contributed by atoms with Gasteiger partial charge in [0, 0.05) is 43.3 Å². The monoisotopic (exact) mass is 343 g/mol. The van der Waals surface area contributed by atoms with E-state index in [4.69, 9.17) is 4.74 Å². The molecule has 0 saturated carbocycles. The minimum absolute atomic E-state index is 0.184. The molecule has 1 saturated heterocycles. The molecule has 1 atom stereocenters. The average molecular weight is 343 g/mol. The van der Waals surface area contributed by atoms with Crippen LogP contribution in [0.5, 0.6) is 5.75 Å². The Hall–Kier alpha value is -2.54. The summed E-state index contributed by atoms with van der Waals surface area (Å²) in [4.78, 5) is 21.9. The molecule has 3 rings (SSSR count). The molecule has 3 N–H and O–H groups in total. The second kappa shape index (κ2) is 8.02. The van der Waals surface area contributed by atoms with Gasteiger partial charge in [-0.25, -0.2) is 9.78 Å². The van der Waals surface area contributed by atoms with Gasteiger partial charge in [-0.05, 0) is 37.9 Å². The van der Waals surface area contributed by atoms with Gasteiger partial charge in [0.2, 0.25) is 0 Å². The van der Waals surface area contributed by atoms with Crippen molar-refractivity contribution in [2.45, 2.75) is 19.9 Å². The Balaban J connectivity index is 1.40. The van der Waals surface area contributed by atoms with Crippen LogP contribution in [0.25, 0.3) is 0 Å². The summed E-state index contributed by atoms with van der Waals surface area (Å²) >= 11 is 0. The van der Waals surface area contributed by atoms with Crippen molar-refractivity contribution in [3.63, 3.8) is 0 Å². The molecule has 7 nitrogen and oxygen atoms in total. The van der Waals surface area contributed by atoms with Crippen molar-refractivity contribution in [3.8, 4) is 5.75 Å². The highest BCUT2D eigenvalue weighted by Gasteiger charge is 2.23. The fourth-order valence-electron chi connectivity index (χ4n) is 3.13. The number of carbonyl (C=O) groups is 1. The largest absolute Gasteiger partial charge is 0.497 e. The van der Waals surface area contributed by atoms with Gasteiger partial charge in [-0.2, -0.15) is 0 Å². The molecule has 0 radical (unpaired) electrons. The number of hydrogen-bond acceptors (Lipinski definition) is 4. The Kier molecular flexibility index (Phi) is 5.55. The third-order valence-electron chi connectivity index (χ3n) is 4.40. The fraction of sp³-hybridized carbons (Fsp3) is 0.444. The van der Waals surface area contributed by atoms with Crippen molar-refractivity contribution in [3.05, 3.63) is 42.0 Å². The summed E-state index contributed by atoms with van der Waals surface area (Å²) in [5.74, 6) is 2.14. The van der Waals surface area contributed by atoms with Crippen LogP contribution >= 0.6 is 0 Å². The number of carbonyl (C=O) groups excluding carboxylic acids is 1. The Morgan fingerprint density at radius 3 is 3.12 bits per heavy atom. The Morgan fingerprint density at radius 1 is 1.48 bits per heavy atom. The van der Waals surface area contributed by atoms with Gasteiger partial charge in [-0.15, -0.1) is 0 Å². The molecule has 0 unspecified atom stereocenters. The molecule has 0 spiro atoms. The van der Waals surface area contributed by atoms with Crippen molar-refractivity contribution in [2.75, 3.05) is 32.1 Å². The molecule has 1 aliphatic rings. The van der Waals surface area contributed by atoms with Crippen LogP contribution in [0.3, 0.4) is 0 Å². The number of methoxy groups -OCH3 is 1. The lowest BCUT2D eigenvalue weighted by molar-refractivity contribution is 0.249. The number of urea groups is 1. The fourth-order valence-corrected chi connectivity index (χ4v) is 3.13. The molecule has 1 aromatic carbocycles. The second-order valence-corrected chi connectivity index (χ2v) is 6.45. The predicted molar refractivity (Wildman–Crippen MR) is 96.7 cm³/mol. The number of imidazole rings is 1. The van der Waals surface area contributed by atoms with E-state index in [1.165, 1.54) is 0 Å². The zero-order valence-corrected chi connectivity index (χ0v) is 14.7. The van der Waals surface area contributed by atoms with Crippen LogP contribution < -0.4 is 15.4 Å². The van der Waals surface area contributed by atoms with Crippen molar-refractivity contribution in [1.29, 1.82) is 0 Å². The van der Waals surface area contributed by atoms with Crippen LogP contribution in [0, 0.1) is 12.8 Å².